The highest BCUT2D eigenvalue weighted by Gasteiger charge is 2.22. The number of anilines is 1. The zero-order valence-electron chi connectivity index (χ0n) is 8.03. The molecule has 1 heterocycles. The molecule has 2 N–H and O–H groups in total. The Labute approximate surface area is 92.3 Å². The van der Waals surface area contributed by atoms with E-state index in [-0.39, 0.29) is 12.5 Å². The summed E-state index contributed by atoms with van der Waals surface area (Å²) in [6, 6.07) is 0.379. The Hall–Kier alpha value is -1.36. The minimum Gasteiger partial charge on any atom is -0.360 e. The van der Waals surface area contributed by atoms with E-state index in [0.717, 1.165) is 12.8 Å². The Morgan fingerprint density at radius 2 is 2.33 bits per heavy atom. The third kappa shape index (κ3) is 3.36. The lowest BCUT2D eigenvalue weighted by Gasteiger charge is -2.05. The Bertz CT molecular complexity index is 367. The maximum absolute atomic E-state index is 11.3. The second kappa shape index (κ2) is 4.44. The molecular formula is C9H11ClN4O. The van der Waals surface area contributed by atoms with Crippen molar-refractivity contribution in [2.75, 3.05) is 11.9 Å². The van der Waals surface area contributed by atoms with E-state index in [1.54, 1.807) is 0 Å². The van der Waals surface area contributed by atoms with Crippen molar-refractivity contribution in [3.05, 3.63) is 17.5 Å². The third-order valence-corrected chi connectivity index (χ3v) is 2.16. The first-order valence-electron chi connectivity index (χ1n) is 4.75. The van der Waals surface area contributed by atoms with Crippen LogP contribution in [-0.4, -0.2) is 28.5 Å². The molecule has 1 aliphatic rings. The van der Waals surface area contributed by atoms with Gasteiger partial charge in [0.15, 0.2) is 0 Å². The molecule has 15 heavy (non-hydrogen) atoms. The maximum atomic E-state index is 11.3. The van der Waals surface area contributed by atoms with Crippen molar-refractivity contribution >= 4 is 23.3 Å². The van der Waals surface area contributed by atoms with Crippen LogP contribution in [0.2, 0.25) is 5.15 Å². The van der Waals surface area contributed by atoms with Gasteiger partial charge >= 0.3 is 0 Å². The van der Waals surface area contributed by atoms with Crippen molar-refractivity contribution < 1.29 is 4.79 Å². The summed E-state index contributed by atoms with van der Waals surface area (Å²) in [7, 11) is 0. The van der Waals surface area contributed by atoms with E-state index in [4.69, 9.17) is 11.6 Å². The number of amides is 1. The zero-order chi connectivity index (χ0) is 10.7. The van der Waals surface area contributed by atoms with Crippen molar-refractivity contribution in [1.29, 1.82) is 0 Å². The van der Waals surface area contributed by atoms with E-state index in [1.807, 2.05) is 0 Å². The summed E-state index contributed by atoms with van der Waals surface area (Å²) < 4.78 is 0. The molecule has 0 radical (unpaired) electrons. The summed E-state index contributed by atoms with van der Waals surface area (Å²) in [6.45, 7) is 0.200. The molecule has 0 spiro atoms. The van der Waals surface area contributed by atoms with Gasteiger partial charge in [0.25, 0.3) is 0 Å². The van der Waals surface area contributed by atoms with E-state index in [0.29, 0.717) is 17.0 Å². The fourth-order valence-electron chi connectivity index (χ4n) is 1.10. The summed E-state index contributed by atoms with van der Waals surface area (Å²) in [4.78, 5) is 19.1. The SMILES string of the molecule is O=C(CNc1cncc(Cl)n1)NC1CC1. The molecule has 5 nitrogen and oxygen atoms in total. The molecule has 2 rings (SSSR count). The molecule has 0 unspecified atom stereocenters. The van der Waals surface area contributed by atoms with E-state index in [9.17, 15) is 4.79 Å². The number of hydrogen-bond acceptors (Lipinski definition) is 4. The largest absolute Gasteiger partial charge is 0.360 e. The lowest BCUT2D eigenvalue weighted by atomic mass is 10.5. The van der Waals surface area contributed by atoms with Gasteiger partial charge < -0.3 is 10.6 Å². The van der Waals surface area contributed by atoms with E-state index in [2.05, 4.69) is 20.6 Å². The van der Waals surface area contributed by atoms with E-state index >= 15 is 0 Å². The molecule has 0 saturated heterocycles. The highest BCUT2D eigenvalue weighted by Crippen LogP contribution is 2.18. The summed E-state index contributed by atoms with van der Waals surface area (Å²) in [6.07, 6.45) is 5.14. The first-order chi connectivity index (χ1) is 7.24. The number of nitrogens with one attached hydrogen (secondary N) is 2. The molecule has 6 heteroatoms. The van der Waals surface area contributed by atoms with Crippen molar-refractivity contribution in [2.24, 2.45) is 0 Å². The molecule has 1 aromatic rings. The third-order valence-electron chi connectivity index (χ3n) is 1.98. The van der Waals surface area contributed by atoms with E-state index < -0.39 is 0 Å². The Kier molecular flexibility index (Phi) is 3.01. The number of carbonyl (C=O) groups is 1. The van der Waals surface area contributed by atoms with Gasteiger partial charge in [0.1, 0.15) is 11.0 Å². The zero-order valence-corrected chi connectivity index (χ0v) is 8.79. The van der Waals surface area contributed by atoms with Crippen LogP contribution in [0, 0.1) is 0 Å². The first kappa shape index (κ1) is 10.2. The molecule has 0 aromatic carbocycles. The summed E-state index contributed by atoms with van der Waals surface area (Å²) in [5, 5.41) is 6.01. The quantitative estimate of drug-likeness (QED) is 0.798. The molecule has 80 valence electrons. The Morgan fingerprint density at radius 3 is 3.00 bits per heavy atom. The molecule has 1 amide bonds. The van der Waals surface area contributed by atoms with Crippen molar-refractivity contribution in [2.45, 2.75) is 18.9 Å². The van der Waals surface area contributed by atoms with Crippen molar-refractivity contribution in [3.63, 3.8) is 0 Å². The fraction of sp³-hybridized carbons (Fsp3) is 0.444. The molecule has 1 fully saturated rings. The van der Waals surface area contributed by atoms with Gasteiger partial charge in [-0.25, -0.2) is 4.98 Å². The van der Waals surface area contributed by atoms with Gasteiger partial charge in [0.2, 0.25) is 5.91 Å². The maximum Gasteiger partial charge on any atom is 0.239 e. The standard InChI is InChI=1S/C9H11ClN4O/c10-7-3-11-4-8(14-7)12-5-9(15)13-6-1-2-6/h3-4,6H,1-2,5H2,(H,12,14)(H,13,15). The summed E-state index contributed by atoms with van der Waals surface area (Å²) in [5.41, 5.74) is 0. The number of rotatable bonds is 4. The lowest BCUT2D eigenvalue weighted by molar-refractivity contribution is -0.119. The fourth-order valence-corrected chi connectivity index (χ4v) is 1.25. The van der Waals surface area contributed by atoms with Crippen molar-refractivity contribution in [1.82, 2.24) is 15.3 Å². The summed E-state index contributed by atoms with van der Waals surface area (Å²) >= 11 is 5.64. The van der Waals surface area contributed by atoms with Crippen LogP contribution in [0.15, 0.2) is 12.4 Å². The van der Waals surface area contributed by atoms with Gasteiger partial charge in [-0.1, -0.05) is 11.6 Å². The van der Waals surface area contributed by atoms with Gasteiger partial charge in [0.05, 0.1) is 18.9 Å². The molecule has 1 aromatic heterocycles. The first-order valence-corrected chi connectivity index (χ1v) is 5.12. The molecular weight excluding hydrogens is 216 g/mol. The van der Waals surface area contributed by atoms with Crippen LogP contribution in [0.1, 0.15) is 12.8 Å². The Balaban J connectivity index is 1.78. The summed E-state index contributed by atoms with van der Waals surface area (Å²) in [5.74, 6) is 0.479. The van der Waals surface area contributed by atoms with Crippen LogP contribution in [0.3, 0.4) is 0 Å². The van der Waals surface area contributed by atoms with Crippen LogP contribution >= 0.6 is 11.6 Å². The lowest BCUT2D eigenvalue weighted by Crippen LogP contribution is -2.31. The van der Waals surface area contributed by atoms with Crippen LogP contribution < -0.4 is 10.6 Å². The van der Waals surface area contributed by atoms with Gasteiger partial charge in [0, 0.05) is 6.04 Å². The van der Waals surface area contributed by atoms with Gasteiger partial charge in [-0.2, -0.15) is 0 Å². The van der Waals surface area contributed by atoms with Gasteiger partial charge in [-0.3, -0.25) is 9.78 Å². The van der Waals surface area contributed by atoms with Gasteiger partial charge in [-0.15, -0.1) is 0 Å². The average Bonchev–Trinajstić information content (AvgIpc) is 2.99. The number of halogens is 1. The number of aromatic nitrogens is 2. The van der Waals surface area contributed by atoms with E-state index in [1.165, 1.54) is 12.4 Å². The number of carbonyl (C=O) groups excluding carboxylic acids is 1. The molecule has 0 atom stereocenters. The van der Waals surface area contributed by atoms with Crippen LogP contribution in [0.5, 0.6) is 0 Å². The normalized spacial score (nSPS) is 14.7. The minimum absolute atomic E-state index is 0.0284. The molecule has 1 saturated carbocycles. The van der Waals surface area contributed by atoms with Crippen LogP contribution in [-0.2, 0) is 4.79 Å². The van der Waals surface area contributed by atoms with Crippen molar-refractivity contribution in [3.8, 4) is 0 Å². The molecule has 0 bridgehead atoms. The molecule has 0 aliphatic heterocycles. The highest BCUT2D eigenvalue weighted by atomic mass is 35.5. The average molecular weight is 227 g/mol. The van der Waals surface area contributed by atoms with Crippen LogP contribution in [0.25, 0.3) is 0 Å². The van der Waals surface area contributed by atoms with Crippen LogP contribution in [0.4, 0.5) is 5.82 Å². The van der Waals surface area contributed by atoms with Gasteiger partial charge in [-0.05, 0) is 12.8 Å². The predicted molar refractivity (Wildman–Crippen MR) is 56.7 cm³/mol. The highest BCUT2D eigenvalue weighted by molar-refractivity contribution is 6.29. The monoisotopic (exact) mass is 226 g/mol. The second-order valence-corrected chi connectivity index (χ2v) is 3.81. The number of hydrogen-bond donors (Lipinski definition) is 2. The molecule has 1 aliphatic carbocycles. The minimum atomic E-state index is -0.0284. The predicted octanol–water partition coefficient (Wildman–Crippen LogP) is 0.820. The Morgan fingerprint density at radius 1 is 1.53 bits per heavy atom. The smallest absolute Gasteiger partial charge is 0.239 e. The second-order valence-electron chi connectivity index (χ2n) is 3.42. The number of nitrogens with zero attached hydrogens (tertiary/aromatic N) is 2. The topological polar surface area (TPSA) is 66.9 Å².